The second-order valence-electron chi connectivity index (χ2n) is 10.1. The minimum atomic E-state index is -0.564. The lowest BCUT2D eigenvalue weighted by molar-refractivity contribution is -0.132. The van der Waals surface area contributed by atoms with Crippen LogP contribution in [0.2, 0.25) is 0 Å². The molecule has 0 saturated carbocycles. The van der Waals surface area contributed by atoms with Crippen molar-refractivity contribution < 1.29 is 14.3 Å². The van der Waals surface area contributed by atoms with Crippen LogP contribution in [0, 0.1) is 11.3 Å². The number of hydrogen-bond donors (Lipinski definition) is 2. The number of ketones is 1. The summed E-state index contributed by atoms with van der Waals surface area (Å²) in [5.74, 6) is -0.251. The van der Waals surface area contributed by atoms with Crippen LogP contribution < -0.4 is 10.6 Å². The Kier molecular flexibility index (Phi) is 7.71. The standard InChI is InChI=1S/C20H40N2O3/c1-12-19(8,9)22-20(10,11)14(15(23)17(2,3)4)13-21-16(24)25-18(5,6)7/h14,22H,12-13H2,1-11H3,(H,21,24). The molecule has 0 aromatic rings. The van der Waals surface area contributed by atoms with Gasteiger partial charge in [-0.15, -0.1) is 0 Å². The predicted molar refractivity (Wildman–Crippen MR) is 104 cm³/mol. The summed E-state index contributed by atoms with van der Waals surface area (Å²) in [4.78, 5) is 25.1. The lowest BCUT2D eigenvalue weighted by Gasteiger charge is -2.43. The highest BCUT2D eigenvalue weighted by Crippen LogP contribution is 2.29. The molecule has 0 fully saturated rings. The zero-order chi connectivity index (χ0) is 20.3. The molecule has 1 atom stereocenters. The number of amides is 1. The van der Waals surface area contributed by atoms with E-state index in [-0.39, 0.29) is 23.8 Å². The summed E-state index contributed by atoms with van der Waals surface area (Å²) < 4.78 is 5.31. The summed E-state index contributed by atoms with van der Waals surface area (Å²) in [7, 11) is 0. The van der Waals surface area contributed by atoms with Gasteiger partial charge in [-0.25, -0.2) is 4.79 Å². The number of hydrogen-bond acceptors (Lipinski definition) is 4. The van der Waals surface area contributed by atoms with Crippen molar-refractivity contribution in [2.45, 2.75) is 99.3 Å². The highest BCUT2D eigenvalue weighted by molar-refractivity contribution is 5.87. The van der Waals surface area contributed by atoms with Crippen molar-refractivity contribution >= 4 is 11.9 Å². The lowest BCUT2D eigenvalue weighted by atomic mass is 9.73. The Morgan fingerprint density at radius 3 is 1.76 bits per heavy atom. The summed E-state index contributed by atoms with van der Waals surface area (Å²) in [5, 5.41) is 6.37. The van der Waals surface area contributed by atoms with Crippen molar-refractivity contribution in [3.8, 4) is 0 Å². The first-order valence-corrected chi connectivity index (χ1v) is 9.22. The highest BCUT2D eigenvalue weighted by Gasteiger charge is 2.42. The van der Waals surface area contributed by atoms with Gasteiger partial charge in [-0.1, -0.05) is 27.7 Å². The largest absolute Gasteiger partial charge is 0.444 e. The highest BCUT2D eigenvalue weighted by atomic mass is 16.6. The molecule has 2 N–H and O–H groups in total. The number of alkyl carbamates (subject to hydrolysis) is 1. The molecule has 1 unspecified atom stereocenters. The van der Waals surface area contributed by atoms with Crippen LogP contribution in [0.4, 0.5) is 4.79 Å². The van der Waals surface area contributed by atoms with Crippen LogP contribution in [0.25, 0.3) is 0 Å². The van der Waals surface area contributed by atoms with Gasteiger partial charge in [0.1, 0.15) is 11.4 Å². The number of ether oxygens (including phenoxy) is 1. The third kappa shape index (κ3) is 8.70. The molecule has 5 nitrogen and oxygen atoms in total. The van der Waals surface area contributed by atoms with Crippen molar-refractivity contribution in [2.75, 3.05) is 6.54 Å². The Morgan fingerprint density at radius 2 is 1.40 bits per heavy atom. The van der Waals surface area contributed by atoms with Crippen LogP contribution in [0.15, 0.2) is 0 Å². The smallest absolute Gasteiger partial charge is 0.407 e. The van der Waals surface area contributed by atoms with Crippen LogP contribution in [-0.4, -0.2) is 35.1 Å². The fourth-order valence-electron chi connectivity index (χ4n) is 2.75. The van der Waals surface area contributed by atoms with Gasteiger partial charge in [0.05, 0.1) is 5.92 Å². The van der Waals surface area contributed by atoms with Crippen LogP contribution in [-0.2, 0) is 9.53 Å². The van der Waals surface area contributed by atoms with E-state index in [0.717, 1.165) is 6.42 Å². The van der Waals surface area contributed by atoms with Crippen molar-refractivity contribution in [1.29, 1.82) is 0 Å². The van der Waals surface area contributed by atoms with E-state index in [2.05, 4.69) is 31.4 Å². The van der Waals surface area contributed by atoms with Crippen molar-refractivity contribution in [3.63, 3.8) is 0 Å². The first-order chi connectivity index (χ1) is 10.9. The lowest BCUT2D eigenvalue weighted by Crippen LogP contribution is -2.61. The fourth-order valence-corrected chi connectivity index (χ4v) is 2.75. The molecule has 1 amide bonds. The molecule has 0 radical (unpaired) electrons. The first kappa shape index (κ1) is 23.9. The number of rotatable bonds is 7. The van der Waals surface area contributed by atoms with Gasteiger partial charge in [0.15, 0.2) is 0 Å². The van der Waals surface area contributed by atoms with Gasteiger partial charge in [-0.2, -0.15) is 0 Å². The van der Waals surface area contributed by atoms with Gasteiger partial charge in [0.2, 0.25) is 0 Å². The molecular weight excluding hydrogens is 316 g/mol. The molecule has 0 aromatic heterocycles. The first-order valence-electron chi connectivity index (χ1n) is 9.22. The van der Waals surface area contributed by atoms with Gasteiger partial charge in [0.25, 0.3) is 0 Å². The maximum atomic E-state index is 13.1. The Balaban J connectivity index is 5.38. The molecule has 0 saturated heterocycles. The van der Waals surface area contributed by atoms with Crippen LogP contribution in [0.5, 0.6) is 0 Å². The van der Waals surface area contributed by atoms with E-state index >= 15 is 0 Å². The number of carbonyl (C=O) groups excluding carboxylic acids is 2. The van der Waals surface area contributed by atoms with E-state index in [9.17, 15) is 9.59 Å². The average Bonchev–Trinajstić information content (AvgIpc) is 2.33. The normalized spacial score (nSPS) is 14.8. The molecule has 0 aliphatic carbocycles. The van der Waals surface area contributed by atoms with Crippen molar-refractivity contribution in [3.05, 3.63) is 0 Å². The zero-order valence-corrected chi connectivity index (χ0v) is 18.2. The van der Waals surface area contributed by atoms with Crippen LogP contribution in [0.1, 0.15) is 82.6 Å². The zero-order valence-electron chi connectivity index (χ0n) is 18.2. The van der Waals surface area contributed by atoms with E-state index in [0.29, 0.717) is 0 Å². The topological polar surface area (TPSA) is 67.4 Å². The number of Topliss-reactive ketones (excluding diaryl/α,β-unsaturated/α-hetero) is 1. The Bertz CT molecular complexity index is 468. The second-order valence-corrected chi connectivity index (χ2v) is 10.1. The predicted octanol–water partition coefficient (Wildman–Crippen LogP) is 4.30. The van der Waals surface area contributed by atoms with Gasteiger partial charge in [0, 0.05) is 23.0 Å². The van der Waals surface area contributed by atoms with Crippen molar-refractivity contribution in [1.82, 2.24) is 10.6 Å². The molecule has 0 heterocycles. The van der Waals surface area contributed by atoms with Crippen molar-refractivity contribution in [2.24, 2.45) is 11.3 Å². The number of carbonyl (C=O) groups is 2. The minimum Gasteiger partial charge on any atom is -0.444 e. The van der Waals surface area contributed by atoms with E-state index in [4.69, 9.17) is 4.74 Å². The maximum absolute atomic E-state index is 13.1. The minimum absolute atomic E-state index is 0.105. The van der Waals surface area contributed by atoms with E-state index in [1.807, 2.05) is 55.4 Å². The molecular formula is C20H40N2O3. The third-order valence-corrected chi connectivity index (χ3v) is 4.32. The van der Waals surface area contributed by atoms with E-state index < -0.39 is 22.6 Å². The van der Waals surface area contributed by atoms with Crippen LogP contribution in [0.3, 0.4) is 0 Å². The summed E-state index contributed by atoms with van der Waals surface area (Å²) in [6, 6.07) is 0. The molecule has 5 heteroatoms. The molecule has 0 aliphatic rings. The van der Waals surface area contributed by atoms with Gasteiger partial charge in [-0.3, -0.25) is 4.79 Å². The van der Waals surface area contributed by atoms with E-state index in [1.54, 1.807) is 0 Å². The van der Waals surface area contributed by atoms with Gasteiger partial charge >= 0.3 is 6.09 Å². The molecule has 148 valence electrons. The number of nitrogens with one attached hydrogen (secondary N) is 2. The SMILES string of the molecule is CCC(C)(C)NC(C)(C)C(CNC(=O)OC(C)(C)C)C(=O)C(C)(C)C. The summed E-state index contributed by atoms with van der Waals surface area (Å²) in [5.41, 5.74) is -1.63. The van der Waals surface area contributed by atoms with Gasteiger partial charge < -0.3 is 15.4 Å². The molecule has 0 bridgehead atoms. The monoisotopic (exact) mass is 356 g/mol. The maximum Gasteiger partial charge on any atom is 0.407 e. The Labute approximate surface area is 154 Å². The second kappa shape index (κ2) is 8.07. The third-order valence-electron chi connectivity index (χ3n) is 4.32. The molecule has 0 rings (SSSR count). The fraction of sp³-hybridized carbons (Fsp3) is 0.900. The molecule has 0 aromatic carbocycles. The molecule has 0 aliphatic heterocycles. The van der Waals surface area contributed by atoms with E-state index in [1.165, 1.54) is 0 Å². The van der Waals surface area contributed by atoms with Gasteiger partial charge in [-0.05, 0) is 54.9 Å². The quantitative estimate of drug-likeness (QED) is 0.714. The van der Waals surface area contributed by atoms with Crippen LogP contribution >= 0.6 is 0 Å². The molecule has 0 spiro atoms. The summed E-state index contributed by atoms with van der Waals surface area (Å²) >= 11 is 0. The summed E-state index contributed by atoms with van der Waals surface area (Å²) in [6.07, 6.45) is 0.441. The Morgan fingerprint density at radius 1 is 0.920 bits per heavy atom. The average molecular weight is 357 g/mol. The summed E-state index contributed by atoms with van der Waals surface area (Å²) in [6.45, 7) is 21.8. The molecule has 25 heavy (non-hydrogen) atoms. The Hall–Kier alpha value is -1.10.